The lowest BCUT2D eigenvalue weighted by atomic mass is 10.1. The molecule has 2 heterocycles. The Balaban J connectivity index is 2.18. The summed E-state index contributed by atoms with van der Waals surface area (Å²) in [6.07, 6.45) is 5.42. The molecule has 14 heteroatoms. The van der Waals surface area contributed by atoms with Crippen molar-refractivity contribution in [3.05, 3.63) is 18.2 Å². The zero-order valence-electron chi connectivity index (χ0n) is 18.9. The van der Waals surface area contributed by atoms with Crippen LogP contribution in [0.25, 0.3) is 0 Å². The first-order valence-electron chi connectivity index (χ1n) is 10.8. The van der Waals surface area contributed by atoms with Crippen LogP contribution in [0.3, 0.4) is 0 Å². The van der Waals surface area contributed by atoms with Crippen molar-refractivity contribution in [3.63, 3.8) is 0 Å². The van der Waals surface area contributed by atoms with Gasteiger partial charge in [0.2, 0.25) is 23.6 Å². The van der Waals surface area contributed by atoms with Crippen LogP contribution in [0.1, 0.15) is 31.4 Å². The number of hydrogen-bond acceptors (Lipinski definition) is 8. The number of carboxylic acids is 1. The van der Waals surface area contributed by atoms with E-state index in [1.54, 1.807) is 0 Å². The number of likely N-dealkylation sites (tertiary alicyclic amines) is 1. The van der Waals surface area contributed by atoms with Crippen molar-refractivity contribution in [1.29, 1.82) is 0 Å². The molecular weight excluding hydrogens is 466 g/mol. The highest BCUT2D eigenvalue weighted by Gasteiger charge is 2.39. The Morgan fingerprint density at radius 3 is 2.56 bits per heavy atom. The number of H-pyrrole nitrogens is 1. The number of aromatic amines is 1. The molecule has 1 fully saturated rings. The van der Waals surface area contributed by atoms with Gasteiger partial charge in [-0.2, -0.15) is 11.8 Å². The second-order valence-electron chi connectivity index (χ2n) is 7.99. The van der Waals surface area contributed by atoms with Gasteiger partial charge in [-0.1, -0.05) is 0 Å². The van der Waals surface area contributed by atoms with E-state index >= 15 is 0 Å². The molecule has 1 aliphatic heterocycles. The SMILES string of the molecule is CSCCC(N)C(=O)NC(Cc1cnc[nH]1)C(=O)NC(CC(N)=O)C(=O)N1CCCC1C(=O)O. The van der Waals surface area contributed by atoms with Crippen LogP contribution >= 0.6 is 11.8 Å². The number of rotatable bonds is 13. The van der Waals surface area contributed by atoms with Gasteiger partial charge >= 0.3 is 5.97 Å². The van der Waals surface area contributed by atoms with E-state index in [2.05, 4.69) is 20.6 Å². The molecule has 1 aromatic rings. The average Bonchev–Trinajstić information content (AvgIpc) is 3.47. The summed E-state index contributed by atoms with van der Waals surface area (Å²) in [6.45, 7) is 0.180. The standard InChI is InChI=1S/C20H31N7O6S/c1-34-6-4-12(21)17(29)25-13(7-11-9-23-10-24-11)18(30)26-14(8-16(22)28)19(31)27-5-2-3-15(27)20(32)33/h9-10,12-15H,2-8,21H2,1H3,(H2,22,28)(H,23,24)(H,25,29)(H,26,30)(H,32,33). The van der Waals surface area contributed by atoms with Gasteiger partial charge in [0.1, 0.15) is 18.1 Å². The van der Waals surface area contributed by atoms with E-state index in [4.69, 9.17) is 11.5 Å². The molecule has 0 aliphatic carbocycles. The number of primary amides is 1. The lowest BCUT2D eigenvalue weighted by molar-refractivity contribution is -0.149. The number of aromatic nitrogens is 2. The Morgan fingerprint density at radius 1 is 1.26 bits per heavy atom. The maximum atomic E-state index is 13.1. The van der Waals surface area contributed by atoms with Gasteiger partial charge < -0.3 is 37.1 Å². The third-order valence-electron chi connectivity index (χ3n) is 5.42. The number of aliphatic carboxylic acids is 1. The number of carbonyl (C=O) groups excluding carboxylic acids is 4. The highest BCUT2D eigenvalue weighted by molar-refractivity contribution is 7.98. The second kappa shape index (κ2) is 12.9. The van der Waals surface area contributed by atoms with Crippen molar-refractivity contribution < 1.29 is 29.1 Å². The van der Waals surface area contributed by atoms with Crippen LogP contribution in [-0.2, 0) is 30.4 Å². The summed E-state index contributed by atoms with van der Waals surface area (Å²) >= 11 is 1.53. The Hall–Kier alpha value is -3.13. The van der Waals surface area contributed by atoms with E-state index in [9.17, 15) is 29.1 Å². The number of hydrogen-bond donors (Lipinski definition) is 6. The first kappa shape index (κ1) is 27.1. The summed E-state index contributed by atoms with van der Waals surface area (Å²) < 4.78 is 0. The predicted octanol–water partition coefficient (Wildman–Crippen LogP) is -2.05. The van der Waals surface area contributed by atoms with Crippen molar-refractivity contribution in [1.82, 2.24) is 25.5 Å². The van der Waals surface area contributed by atoms with Crippen LogP contribution < -0.4 is 22.1 Å². The number of nitrogens with zero attached hydrogens (tertiary/aromatic N) is 2. The molecule has 0 bridgehead atoms. The van der Waals surface area contributed by atoms with Gasteiger partial charge in [-0.15, -0.1) is 0 Å². The van der Waals surface area contributed by atoms with Crippen molar-refractivity contribution >= 4 is 41.4 Å². The van der Waals surface area contributed by atoms with Crippen LogP contribution in [-0.4, -0.2) is 92.3 Å². The molecule has 1 aromatic heterocycles. The molecule has 2 rings (SSSR count). The maximum absolute atomic E-state index is 13.1. The topological polar surface area (TPSA) is 214 Å². The largest absolute Gasteiger partial charge is 0.480 e. The average molecular weight is 498 g/mol. The molecule has 8 N–H and O–H groups in total. The zero-order valence-corrected chi connectivity index (χ0v) is 19.7. The normalized spacial score (nSPS) is 18.1. The third kappa shape index (κ3) is 7.73. The summed E-state index contributed by atoms with van der Waals surface area (Å²) in [4.78, 5) is 69.6. The molecule has 0 saturated carbocycles. The quantitative estimate of drug-likeness (QED) is 0.177. The first-order chi connectivity index (χ1) is 16.1. The minimum absolute atomic E-state index is 0.0196. The molecule has 1 aliphatic rings. The number of carbonyl (C=O) groups is 5. The number of nitrogens with two attached hydrogens (primary N) is 2. The highest BCUT2D eigenvalue weighted by Crippen LogP contribution is 2.19. The molecule has 188 valence electrons. The Morgan fingerprint density at radius 2 is 1.97 bits per heavy atom. The van der Waals surface area contributed by atoms with Gasteiger partial charge in [0, 0.05) is 24.9 Å². The summed E-state index contributed by atoms with van der Waals surface area (Å²) in [7, 11) is 0. The maximum Gasteiger partial charge on any atom is 0.326 e. The molecule has 4 amide bonds. The molecule has 0 aromatic carbocycles. The van der Waals surface area contributed by atoms with Crippen molar-refractivity contribution in [2.75, 3.05) is 18.6 Å². The molecule has 34 heavy (non-hydrogen) atoms. The van der Waals surface area contributed by atoms with Gasteiger partial charge in [0.15, 0.2) is 0 Å². The highest BCUT2D eigenvalue weighted by atomic mass is 32.2. The number of amides is 4. The van der Waals surface area contributed by atoms with Gasteiger partial charge in [0.25, 0.3) is 0 Å². The number of nitrogens with one attached hydrogen (secondary N) is 3. The van der Waals surface area contributed by atoms with E-state index < -0.39 is 60.2 Å². The molecular formula is C20H31N7O6S. The second-order valence-corrected chi connectivity index (χ2v) is 8.98. The third-order valence-corrected chi connectivity index (χ3v) is 6.07. The van der Waals surface area contributed by atoms with Crippen molar-refractivity contribution in [3.8, 4) is 0 Å². The zero-order chi connectivity index (χ0) is 25.3. The van der Waals surface area contributed by atoms with E-state index in [1.165, 1.54) is 24.3 Å². The number of carboxylic acid groups (broad SMARTS) is 1. The van der Waals surface area contributed by atoms with E-state index in [-0.39, 0.29) is 19.4 Å². The minimum atomic E-state index is -1.38. The van der Waals surface area contributed by atoms with E-state index in [0.29, 0.717) is 24.3 Å². The Bertz CT molecular complexity index is 881. The smallest absolute Gasteiger partial charge is 0.326 e. The van der Waals surface area contributed by atoms with Crippen molar-refractivity contribution in [2.24, 2.45) is 11.5 Å². The molecule has 0 radical (unpaired) electrons. The fourth-order valence-electron chi connectivity index (χ4n) is 3.64. The molecule has 4 unspecified atom stereocenters. The lowest BCUT2D eigenvalue weighted by Crippen LogP contribution is -2.58. The number of imidazole rings is 1. The first-order valence-corrected chi connectivity index (χ1v) is 12.2. The van der Waals surface area contributed by atoms with Crippen molar-refractivity contribution in [2.45, 2.75) is 56.3 Å². The van der Waals surface area contributed by atoms with E-state index in [1.807, 2.05) is 6.26 Å². The predicted molar refractivity (Wildman–Crippen MR) is 123 cm³/mol. The molecule has 13 nitrogen and oxygen atoms in total. The van der Waals surface area contributed by atoms with Crippen LogP contribution in [0, 0.1) is 0 Å². The van der Waals surface area contributed by atoms with Gasteiger partial charge in [-0.05, 0) is 31.3 Å². The van der Waals surface area contributed by atoms with Gasteiger partial charge in [-0.25, -0.2) is 9.78 Å². The molecule has 4 atom stereocenters. The van der Waals surface area contributed by atoms with Crippen LogP contribution in [0.2, 0.25) is 0 Å². The Kier molecular flexibility index (Phi) is 10.3. The number of thioether (sulfide) groups is 1. The molecule has 1 saturated heterocycles. The van der Waals surface area contributed by atoms with Crippen LogP contribution in [0.4, 0.5) is 0 Å². The lowest BCUT2D eigenvalue weighted by Gasteiger charge is -2.28. The summed E-state index contributed by atoms with van der Waals surface area (Å²) in [6, 6.07) is -4.40. The Labute approximate surface area is 200 Å². The fraction of sp³-hybridized carbons (Fsp3) is 0.600. The monoisotopic (exact) mass is 497 g/mol. The van der Waals surface area contributed by atoms with E-state index in [0.717, 1.165) is 4.90 Å². The fourth-order valence-corrected chi connectivity index (χ4v) is 4.13. The summed E-state index contributed by atoms with van der Waals surface area (Å²) in [5, 5.41) is 14.4. The summed E-state index contributed by atoms with van der Waals surface area (Å²) in [5.74, 6) is -3.37. The van der Waals surface area contributed by atoms with Gasteiger partial charge in [0.05, 0.1) is 18.8 Å². The summed E-state index contributed by atoms with van der Waals surface area (Å²) in [5.41, 5.74) is 11.7. The van der Waals surface area contributed by atoms with Crippen LogP contribution in [0.5, 0.6) is 0 Å². The molecule has 0 spiro atoms. The van der Waals surface area contributed by atoms with Crippen LogP contribution in [0.15, 0.2) is 12.5 Å². The minimum Gasteiger partial charge on any atom is -0.480 e. The van der Waals surface area contributed by atoms with Gasteiger partial charge in [-0.3, -0.25) is 19.2 Å².